The SMILES string of the molecule is CCCCC(=O)[O-].CCCCC(=O)[O-].CCCCC(=O)[O-].[Co+3]. The van der Waals surface area contributed by atoms with E-state index in [1.807, 2.05) is 20.8 Å². The van der Waals surface area contributed by atoms with Gasteiger partial charge in [-0.15, -0.1) is 0 Å². The Bertz CT molecular complexity index is 226. The summed E-state index contributed by atoms with van der Waals surface area (Å²) in [4.78, 5) is 28.9. The van der Waals surface area contributed by atoms with Crippen LogP contribution in [0, 0.1) is 0 Å². The number of unbranched alkanes of at least 4 members (excludes halogenated alkanes) is 3. The monoisotopic (exact) mass is 362 g/mol. The van der Waals surface area contributed by atoms with Crippen molar-refractivity contribution in [2.75, 3.05) is 0 Å². The fourth-order valence-corrected chi connectivity index (χ4v) is 0.963. The molecule has 0 spiro atoms. The van der Waals surface area contributed by atoms with Crippen LogP contribution < -0.4 is 15.3 Å². The van der Waals surface area contributed by atoms with Crippen molar-refractivity contribution in [2.24, 2.45) is 0 Å². The molecule has 0 saturated carbocycles. The van der Waals surface area contributed by atoms with Gasteiger partial charge in [-0.2, -0.15) is 0 Å². The molecule has 0 atom stereocenters. The van der Waals surface area contributed by atoms with Crippen molar-refractivity contribution in [3.05, 3.63) is 0 Å². The van der Waals surface area contributed by atoms with Gasteiger partial charge in [0.05, 0.1) is 0 Å². The molecule has 0 rings (SSSR count). The summed E-state index contributed by atoms with van der Waals surface area (Å²) in [6, 6.07) is 0. The maximum Gasteiger partial charge on any atom is 3.00 e. The van der Waals surface area contributed by atoms with E-state index < -0.39 is 17.9 Å². The molecule has 0 bridgehead atoms. The molecule has 0 saturated heterocycles. The summed E-state index contributed by atoms with van der Waals surface area (Å²) in [5.41, 5.74) is 0. The molecular formula is C15H27CoO6. The largest absolute Gasteiger partial charge is 3.00 e. The summed E-state index contributed by atoms with van der Waals surface area (Å²) >= 11 is 0. The quantitative estimate of drug-likeness (QED) is 0.559. The van der Waals surface area contributed by atoms with E-state index in [0.717, 1.165) is 38.5 Å². The predicted octanol–water partition coefficient (Wildman–Crippen LogP) is -0.223. The van der Waals surface area contributed by atoms with Gasteiger partial charge in [-0.3, -0.25) is 0 Å². The van der Waals surface area contributed by atoms with Gasteiger partial charge in [0.1, 0.15) is 0 Å². The molecule has 0 fully saturated rings. The molecule has 132 valence electrons. The molecule has 0 aromatic heterocycles. The van der Waals surface area contributed by atoms with Crippen LogP contribution in [0.1, 0.15) is 78.6 Å². The Morgan fingerprint density at radius 3 is 0.818 bits per heavy atom. The smallest absolute Gasteiger partial charge is 0.550 e. The third kappa shape index (κ3) is 51.0. The number of carbonyl (C=O) groups is 3. The Balaban J connectivity index is -0.000000108. The summed E-state index contributed by atoms with van der Waals surface area (Å²) < 4.78 is 0. The maximum absolute atomic E-state index is 9.65. The zero-order chi connectivity index (χ0) is 17.1. The van der Waals surface area contributed by atoms with Gasteiger partial charge in [0.25, 0.3) is 0 Å². The average Bonchev–Trinajstić information content (AvgIpc) is 2.41. The molecule has 0 radical (unpaired) electrons. The summed E-state index contributed by atoms with van der Waals surface area (Å²) in [6.07, 6.45) is 5.60. The molecule has 0 heterocycles. The van der Waals surface area contributed by atoms with E-state index in [1.165, 1.54) is 0 Å². The summed E-state index contributed by atoms with van der Waals surface area (Å²) in [5.74, 6) is -2.83. The van der Waals surface area contributed by atoms with Crippen LogP contribution in [0.3, 0.4) is 0 Å². The molecule has 0 aliphatic rings. The second kappa shape index (κ2) is 24.9. The van der Waals surface area contributed by atoms with Gasteiger partial charge in [-0.25, -0.2) is 0 Å². The molecular weight excluding hydrogens is 335 g/mol. The minimum atomic E-state index is -0.943. The molecule has 0 N–H and O–H groups in total. The van der Waals surface area contributed by atoms with Crippen LogP contribution in [0.4, 0.5) is 0 Å². The van der Waals surface area contributed by atoms with Crippen LogP contribution in [0.15, 0.2) is 0 Å². The molecule has 7 heteroatoms. The van der Waals surface area contributed by atoms with E-state index in [2.05, 4.69) is 0 Å². The number of aliphatic carboxylic acids is 3. The Morgan fingerprint density at radius 2 is 0.773 bits per heavy atom. The fraction of sp³-hybridized carbons (Fsp3) is 0.800. The van der Waals surface area contributed by atoms with Crippen LogP contribution in [-0.2, 0) is 31.2 Å². The first-order valence-corrected chi connectivity index (χ1v) is 7.41. The first-order valence-electron chi connectivity index (χ1n) is 7.41. The van der Waals surface area contributed by atoms with Crippen LogP contribution in [-0.4, -0.2) is 17.9 Å². The molecule has 0 aromatic rings. The third-order valence-electron chi connectivity index (χ3n) is 2.20. The third-order valence-corrected chi connectivity index (χ3v) is 2.20. The van der Waals surface area contributed by atoms with E-state index in [9.17, 15) is 29.7 Å². The van der Waals surface area contributed by atoms with E-state index in [1.54, 1.807) is 0 Å². The van der Waals surface area contributed by atoms with Crippen LogP contribution in [0.5, 0.6) is 0 Å². The van der Waals surface area contributed by atoms with Gasteiger partial charge in [0.2, 0.25) is 0 Å². The van der Waals surface area contributed by atoms with Gasteiger partial charge in [-0.1, -0.05) is 40.0 Å². The number of rotatable bonds is 9. The molecule has 0 aliphatic heterocycles. The number of carbonyl (C=O) groups excluding carboxylic acids is 3. The Morgan fingerprint density at radius 1 is 0.591 bits per heavy atom. The minimum Gasteiger partial charge on any atom is -0.550 e. The number of hydrogen-bond donors (Lipinski definition) is 0. The van der Waals surface area contributed by atoms with Crippen molar-refractivity contribution in [3.63, 3.8) is 0 Å². The number of hydrogen-bond acceptors (Lipinski definition) is 6. The van der Waals surface area contributed by atoms with E-state index >= 15 is 0 Å². The predicted molar refractivity (Wildman–Crippen MR) is 73.6 cm³/mol. The zero-order valence-electron chi connectivity index (χ0n) is 13.6. The van der Waals surface area contributed by atoms with E-state index in [4.69, 9.17) is 0 Å². The van der Waals surface area contributed by atoms with Crippen molar-refractivity contribution >= 4 is 17.9 Å². The van der Waals surface area contributed by atoms with Crippen LogP contribution in [0.25, 0.3) is 0 Å². The van der Waals surface area contributed by atoms with Crippen molar-refractivity contribution in [2.45, 2.75) is 78.6 Å². The first kappa shape index (κ1) is 29.0. The molecule has 6 nitrogen and oxygen atoms in total. The van der Waals surface area contributed by atoms with E-state index in [-0.39, 0.29) is 36.0 Å². The van der Waals surface area contributed by atoms with Crippen LogP contribution in [0.2, 0.25) is 0 Å². The molecule has 0 amide bonds. The first-order chi connectivity index (χ1) is 9.81. The maximum atomic E-state index is 9.65. The van der Waals surface area contributed by atoms with Gasteiger partial charge in [0, 0.05) is 17.9 Å². The molecule has 0 aromatic carbocycles. The summed E-state index contributed by atoms with van der Waals surface area (Å²) in [6.45, 7) is 5.84. The van der Waals surface area contributed by atoms with Crippen molar-refractivity contribution in [1.82, 2.24) is 0 Å². The second-order valence-corrected chi connectivity index (χ2v) is 4.43. The fourth-order valence-electron chi connectivity index (χ4n) is 0.963. The summed E-state index contributed by atoms with van der Waals surface area (Å²) in [5, 5.41) is 28.9. The Labute approximate surface area is 143 Å². The van der Waals surface area contributed by atoms with Gasteiger partial charge >= 0.3 is 16.8 Å². The van der Waals surface area contributed by atoms with Crippen LogP contribution >= 0.6 is 0 Å². The molecule has 0 aliphatic carbocycles. The normalized spacial score (nSPS) is 8.32. The zero-order valence-corrected chi connectivity index (χ0v) is 14.7. The topological polar surface area (TPSA) is 120 Å². The standard InChI is InChI=1S/3C5H10O2.Co/c3*1-2-3-4-5(6)7;/h3*2-4H2,1H3,(H,6,7);/q;;;+3/p-3. The van der Waals surface area contributed by atoms with Crippen molar-refractivity contribution in [1.29, 1.82) is 0 Å². The van der Waals surface area contributed by atoms with Crippen molar-refractivity contribution in [3.8, 4) is 0 Å². The minimum absolute atomic E-state index is 0. The van der Waals surface area contributed by atoms with Crippen molar-refractivity contribution < 1.29 is 46.5 Å². The second-order valence-electron chi connectivity index (χ2n) is 4.43. The van der Waals surface area contributed by atoms with Gasteiger partial charge in [0.15, 0.2) is 0 Å². The number of carboxylic acid groups (broad SMARTS) is 3. The van der Waals surface area contributed by atoms with Gasteiger partial charge in [-0.05, 0) is 38.5 Å². The van der Waals surface area contributed by atoms with Gasteiger partial charge < -0.3 is 29.7 Å². The molecule has 0 unspecified atom stereocenters. The number of carboxylic acids is 3. The average molecular weight is 362 g/mol. The Kier molecular flexibility index (Phi) is 32.8. The summed E-state index contributed by atoms with van der Waals surface area (Å²) in [7, 11) is 0. The molecule has 22 heavy (non-hydrogen) atoms. The Hall–Kier alpha value is -1.08. The van der Waals surface area contributed by atoms with E-state index in [0.29, 0.717) is 0 Å².